The number of hydrogen-bond donors (Lipinski definition) is 3. The molecule has 0 bridgehead atoms. The normalized spacial score (nSPS) is 11.0. The maximum Gasteiger partial charge on any atom is 0.235 e. The molecule has 1 aromatic heterocycles. The van der Waals surface area contributed by atoms with Gasteiger partial charge in [-0.2, -0.15) is 0 Å². The minimum atomic E-state index is -0.352. The van der Waals surface area contributed by atoms with Gasteiger partial charge in [-0.3, -0.25) is 4.79 Å². The van der Waals surface area contributed by atoms with Crippen molar-refractivity contribution < 1.29 is 24.5 Å². The quantitative estimate of drug-likeness (QED) is 0.626. The van der Waals surface area contributed by atoms with E-state index in [-0.39, 0.29) is 39.8 Å². The number of fused-ring (bicyclic) bond motifs is 1. The molecule has 0 aliphatic heterocycles. The Labute approximate surface area is 143 Å². The van der Waals surface area contributed by atoms with Crippen molar-refractivity contribution in [3.63, 3.8) is 0 Å². The molecule has 0 amide bonds. The molecule has 130 valence electrons. The SMILES string of the molecule is CCCOc1c(-c2ccc(O)c(O)c2)oc2cc(O)cc(C)c2c1=O. The molecule has 0 fully saturated rings. The van der Waals surface area contributed by atoms with Crippen LogP contribution in [0.3, 0.4) is 0 Å². The molecule has 3 N–H and O–H groups in total. The molecule has 0 aliphatic carbocycles. The number of aryl methyl sites for hydroxylation is 1. The second-order valence-electron chi connectivity index (χ2n) is 5.78. The first kappa shape index (κ1) is 16.7. The van der Waals surface area contributed by atoms with E-state index in [0.29, 0.717) is 29.5 Å². The fourth-order valence-corrected chi connectivity index (χ4v) is 2.67. The van der Waals surface area contributed by atoms with Crippen molar-refractivity contribution in [3.8, 4) is 34.3 Å². The minimum absolute atomic E-state index is 0.0186. The molecule has 25 heavy (non-hydrogen) atoms. The summed E-state index contributed by atoms with van der Waals surface area (Å²) in [7, 11) is 0. The van der Waals surface area contributed by atoms with Gasteiger partial charge in [0.25, 0.3) is 0 Å². The molecule has 0 radical (unpaired) electrons. The smallest absolute Gasteiger partial charge is 0.235 e. The van der Waals surface area contributed by atoms with Crippen LogP contribution in [0.25, 0.3) is 22.3 Å². The Hall–Kier alpha value is -3.15. The summed E-state index contributed by atoms with van der Waals surface area (Å²) in [5.74, 6) is -0.473. The average Bonchev–Trinajstić information content (AvgIpc) is 2.55. The minimum Gasteiger partial charge on any atom is -0.508 e. The molecule has 0 spiro atoms. The van der Waals surface area contributed by atoms with E-state index in [1.54, 1.807) is 6.92 Å². The van der Waals surface area contributed by atoms with Crippen LogP contribution in [0.1, 0.15) is 18.9 Å². The molecule has 6 nitrogen and oxygen atoms in total. The summed E-state index contributed by atoms with van der Waals surface area (Å²) in [6.07, 6.45) is 0.701. The van der Waals surface area contributed by atoms with Crippen LogP contribution >= 0.6 is 0 Å². The third-order valence-corrected chi connectivity index (χ3v) is 3.82. The van der Waals surface area contributed by atoms with E-state index < -0.39 is 0 Å². The predicted octanol–water partition coefficient (Wildman–Crippen LogP) is 3.67. The Balaban J connectivity index is 2.35. The molecular weight excluding hydrogens is 324 g/mol. The van der Waals surface area contributed by atoms with Crippen LogP contribution in [0.15, 0.2) is 39.5 Å². The van der Waals surface area contributed by atoms with Gasteiger partial charge in [-0.05, 0) is 43.2 Å². The first-order valence-corrected chi connectivity index (χ1v) is 7.88. The van der Waals surface area contributed by atoms with Gasteiger partial charge in [0.2, 0.25) is 11.2 Å². The lowest BCUT2D eigenvalue weighted by Gasteiger charge is -2.13. The van der Waals surface area contributed by atoms with E-state index in [9.17, 15) is 20.1 Å². The largest absolute Gasteiger partial charge is 0.508 e. The maximum absolute atomic E-state index is 12.9. The molecule has 2 aromatic carbocycles. The number of hydrogen-bond acceptors (Lipinski definition) is 6. The number of rotatable bonds is 4. The Morgan fingerprint density at radius 2 is 1.84 bits per heavy atom. The summed E-state index contributed by atoms with van der Waals surface area (Å²) in [5, 5.41) is 29.4. The van der Waals surface area contributed by atoms with Crippen molar-refractivity contribution in [1.29, 1.82) is 0 Å². The van der Waals surface area contributed by atoms with E-state index in [1.165, 1.54) is 30.3 Å². The summed E-state index contributed by atoms with van der Waals surface area (Å²) >= 11 is 0. The standard InChI is InChI=1S/C19H18O6/c1-3-6-24-19-17(23)16-10(2)7-12(20)9-15(16)25-18(19)11-4-5-13(21)14(22)8-11/h4-5,7-9,20-22H,3,6H2,1-2H3. The highest BCUT2D eigenvalue weighted by Crippen LogP contribution is 2.36. The molecular formula is C19H18O6. The lowest BCUT2D eigenvalue weighted by atomic mass is 10.1. The highest BCUT2D eigenvalue weighted by molar-refractivity contribution is 5.86. The van der Waals surface area contributed by atoms with Gasteiger partial charge in [-0.1, -0.05) is 6.92 Å². The van der Waals surface area contributed by atoms with Crippen molar-refractivity contribution >= 4 is 11.0 Å². The molecule has 6 heteroatoms. The van der Waals surface area contributed by atoms with E-state index in [2.05, 4.69) is 0 Å². The van der Waals surface area contributed by atoms with Gasteiger partial charge in [0.15, 0.2) is 17.3 Å². The van der Waals surface area contributed by atoms with Crippen molar-refractivity contribution in [3.05, 3.63) is 46.1 Å². The van der Waals surface area contributed by atoms with Crippen molar-refractivity contribution in [2.45, 2.75) is 20.3 Å². The van der Waals surface area contributed by atoms with E-state index in [0.717, 1.165) is 0 Å². The first-order chi connectivity index (χ1) is 11.9. The maximum atomic E-state index is 12.9. The van der Waals surface area contributed by atoms with Crippen LogP contribution in [-0.2, 0) is 0 Å². The molecule has 1 heterocycles. The molecule has 0 saturated carbocycles. The molecule has 3 rings (SSSR count). The second-order valence-corrected chi connectivity index (χ2v) is 5.78. The van der Waals surface area contributed by atoms with Gasteiger partial charge in [0.05, 0.1) is 12.0 Å². The van der Waals surface area contributed by atoms with E-state index in [4.69, 9.17) is 9.15 Å². The van der Waals surface area contributed by atoms with Gasteiger partial charge in [0, 0.05) is 11.6 Å². The Kier molecular flexibility index (Phi) is 4.27. The fraction of sp³-hybridized carbons (Fsp3) is 0.211. The van der Waals surface area contributed by atoms with Crippen molar-refractivity contribution in [2.75, 3.05) is 6.61 Å². The van der Waals surface area contributed by atoms with Crippen LogP contribution in [-0.4, -0.2) is 21.9 Å². The van der Waals surface area contributed by atoms with Gasteiger partial charge in [-0.15, -0.1) is 0 Å². The average molecular weight is 342 g/mol. The van der Waals surface area contributed by atoms with Crippen LogP contribution in [0.5, 0.6) is 23.0 Å². The van der Waals surface area contributed by atoms with E-state index in [1.807, 2.05) is 6.92 Å². The van der Waals surface area contributed by atoms with Crippen LogP contribution in [0.4, 0.5) is 0 Å². The molecule has 0 aliphatic rings. The summed E-state index contributed by atoms with van der Waals surface area (Å²) < 4.78 is 11.5. The van der Waals surface area contributed by atoms with Gasteiger partial charge in [0.1, 0.15) is 11.3 Å². The van der Waals surface area contributed by atoms with Gasteiger partial charge < -0.3 is 24.5 Å². The van der Waals surface area contributed by atoms with Crippen LogP contribution < -0.4 is 10.2 Å². The monoisotopic (exact) mass is 342 g/mol. The van der Waals surface area contributed by atoms with E-state index >= 15 is 0 Å². The fourth-order valence-electron chi connectivity index (χ4n) is 2.67. The first-order valence-electron chi connectivity index (χ1n) is 7.88. The zero-order chi connectivity index (χ0) is 18.1. The highest BCUT2D eigenvalue weighted by Gasteiger charge is 2.20. The topological polar surface area (TPSA) is 100 Å². The zero-order valence-electron chi connectivity index (χ0n) is 13.9. The van der Waals surface area contributed by atoms with Crippen LogP contribution in [0.2, 0.25) is 0 Å². The highest BCUT2D eigenvalue weighted by atomic mass is 16.5. The number of benzene rings is 2. The number of aromatic hydroxyl groups is 3. The zero-order valence-corrected chi connectivity index (χ0v) is 13.9. The Morgan fingerprint density at radius 1 is 1.08 bits per heavy atom. The second kappa shape index (κ2) is 6.39. The number of phenols is 3. The van der Waals surface area contributed by atoms with Gasteiger partial charge >= 0.3 is 0 Å². The molecule has 0 unspecified atom stereocenters. The predicted molar refractivity (Wildman–Crippen MR) is 93.4 cm³/mol. The molecule has 0 saturated heterocycles. The number of ether oxygens (including phenoxy) is 1. The summed E-state index contributed by atoms with van der Waals surface area (Å²) in [6, 6.07) is 6.93. The summed E-state index contributed by atoms with van der Waals surface area (Å²) in [6.45, 7) is 3.94. The van der Waals surface area contributed by atoms with Crippen molar-refractivity contribution in [1.82, 2.24) is 0 Å². The van der Waals surface area contributed by atoms with Gasteiger partial charge in [-0.25, -0.2) is 0 Å². The molecule has 0 atom stereocenters. The summed E-state index contributed by atoms with van der Waals surface area (Å²) in [4.78, 5) is 12.9. The Morgan fingerprint density at radius 3 is 2.52 bits per heavy atom. The lowest BCUT2D eigenvalue weighted by Crippen LogP contribution is -2.11. The number of phenolic OH excluding ortho intramolecular Hbond substituents is 3. The molecule has 3 aromatic rings. The van der Waals surface area contributed by atoms with Crippen LogP contribution in [0, 0.1) is 6.92 Å². The van der Waals surface area contributed by atoms with Crippen molar-refractivity contribution in [2.24, 2.45) is 0 Å². The third-order valence-electron chi connectivity index (χ3n) is 3.82. The lowest BCUT2D eigenvalue weighted by molar-refractivity contribution is 0.309. The third kappa shape index (κ3) is 2.98. The summed E-state index contributed by atoms with van der Waals surface area (Å²) in [5.41, 5.74) is 0.815. The Bertz CT molecular complexity index is 1000.